The standard InChI is InChI=1S/C20H24N6O/c1-14(2)27-19-16-5-3-4-6-17(16)23-20(25-19)24-18-13-15(7-8-22-18)26-11-9-21-10-12-26/h3-8,13-14,21H,9-12H2,1-2H3,(H,22,23,24,25). The molecule has 7 nitrogen and oxygen atoms in total. The molecule has 1 aromatic carbocycles. The molecule has 1 aliphatic heterocycles. The summed E-state index contributed by atoms with van der Waals surface area (Å²) in [6, 6.07) is 11.9. The summed E-state index contributed by atoms with van der Waals surface area (Å²) in [4.78, 5) is 16.0. The number of fused-ring (bicyclic) bond motifs is 1. The smallest absolute Gasteiger partial charge is 0.232 e. The molecule has 0 spiro atoms. The van der Waals surface area contributed by atoms with Crippen molar-refractivity contribution in [2.24, 2.45) is 0 Å². The molecular formula is C20H24N6O. The van der Waals surface area contributed by atoms with Gasteiger partial charge in [0.2, 0.25) is 11.8 Å². The highest BCUT2D eigenvalue weighted by atomic mass is 16.5. The Morgan fingerprint density at radius 2 is 1.93 bits per heavy atom. The van der Waals surface area contributed by atoms with Gasteiger partial charge in [-0.15, -0.1) is 0 Å². The SMILES string of the molecule is CC(C)Oc1nc(Nc2cc(N3CCNCC3)ccn2)nc2ccccc12. The van der Waals surface area contributed by atoms with Crippen LogP contribution in [0.1, 0.15) is 13.8 Å². The Morgan fingerprint density at radius 3 is 2.74 bits per heavy atom. The second-order valence-electron chi connectivity index (χ2n) is 6.80. The zero-order chi connectivity index (χ0) is 18.6. The fraction of sp³-hybridized carbons (Fsp3) is 0.350. The molecule has 1 fully saturated rings. The van der Waals surface area contributed by atoms with Crippen LogP contribution in [-0.2, 0) is 0 Å². The van der Waals surface area contributed by atoms with E-state index in [4.69, 9.17) is 4.74 Å². The van der Waals surface area contributed by atoms with Crippen LogP contribution in [0.15, 0.2) is 42.6 Å². The first-order valence-corrected chi connectivity index (χ1v) is 9.31. The molecule has 1 aliphatic rings. The molecule has 2 aromatic heterocycles. The van der Waals surface area contributed by atoms with Crippen LogP contribution in [0.4, 0.5) is 17.5 Å². The minimum atomic E-state index is 0.0327. The summed E-state index contributed by atoms with van der Waals surface area (Å²) in [5.41, 5.74) is 1.98. The van der Waals surface area contributed by atoms with Crippen molar-refractivity contribution in [3.8, 4) is 5.88 Å². The van der Waals surface area contributed by atoms with Gasteiger partial charge in [-0.1, -0.05) is 12.1 Å². The van der Waals surface area contributed by atoms with Gasteiger partial charge in [-0.05, 0) is 32.0 Å². The van der Waals surface area contributed by atoms with Crippen LogP contribution in [0.3, 0.4) is 0 Å². The van der Waals surface area contributed by atoms with E-state index in [2.05, 4.69) is 30.5 Å². The Bertz CT molecular complexity index is 923. The van der Waals surface area contributed by atoms with Crippen molar-refractivity contribution in [2.45, 2.75) is 20.0 Å². The monoisotopic (exact) mass is 364 g/mol. The Balaban J connectivity index is 1.63. The predicted molar refractivity (Wildman–Crippen MR) is 108 cm³/mol. The van der Waals surface area contributed by atoms with Gasteiger partial charge in [0.05, 0.1) is 17.0 Å². The minimum Gasteiger partial charge on any atom is -0.474 e. The first-order chi connectivity index (χ1) is 13.2. The number of anilines is 3. The lowest BCUT2D eigenvalue weighted by Gasteiger charge is -2.29. The van der Waals surface area contributed by atoms with E-state index in [-0.39, 0.29) is 6.10 Å². The Kier molecular flexibility index (Phi) is 5.02. The largest absolute Gasteiger partial charge is 0.474 e. The molecule has 140 valence electrons. The minimum absolute atomic E-state index is 0.0327. The number of aromatic nitrogens is 3. The van der Waals surface area contributed by atoms with Gasteiger partial charge in [0, 0.05) is 44.1 Å². The highest BCUT2D eigenvalue weighted by Gasteiger charge is 2.13. The van der Waals surface area contributed by atoms with Gasteiger partial charge in [0.25, 0.3) is 0 Å². The quantitative estimate of drug-likeness (QED) is 0.721. The third kappa shape index (κ3) is 4.09. The summed E-state index contributed by atoms with van der Waals surface area (Å²) in [5, 5.41) is 7.51. The van der Waals surface area contributed by atoms with Crippen LogP contribution in [0.25, 0.3) is 10.9 Å². The van der Waals surface area contributed by atoms with E-state index < -0.39 is 0 Å². The van der Waals surface area contributed by atoms with Crippen LogP contribution in [-0.4, -0.2) is 47.2 Å². The summed E-state index contributed by atoms with van der Waals surface area (Å²) >= 11 is 0. The maximum atomic E-state index is 5.90. The van der Waals surface area contributed by atoms with Crippen LogP contribution in [0.5, 0.6) is 5.88 Å². The van der Waals surface area contributed by atoms with Gasteiger partial charge >= 0.3 is 0 Å². The van der Waals surface area contributed by atoms with Crippen molar-refractivity contribution >= 4 is 28.4 Å². The van der Waals surface area contributed by atoms with Crippen molar-refractivity contribution in [2.75, 3.05) is 36.4 Å². The Morgan fingerprint density at radius 1 is 1.11 bits per heavy atom. The first-order valence-electron chi connectivity index (χ1n) is 9.31. The van der Waals surface area contributed by atoms with Gasteiger partial charge < -0.3 is 20.3 Å². The topological polar surface area (TPSA) is 75.2 Å². The number of rotatable bonds is 5. The average molecular weight is 364 g/mol. The van der Waals surface area contributed by atoms with Crippen LogP contribution >= 0.6 is 0 Å². The van der Waals surface area contributed by atoms with Crippen LogP contribution < -0.4 is 20.3 Å². The maximum absolute atomic E-state index is 5.90. The summed E-state index contributed by atoms with van der Waals surface area (Å²) in [6.07, 6.45) is 1.84. The van der Waals surface area contributed by atoms with Crippen molar-refractivity contribution < 1.29 is 4.74 Å². The summed E-state index contributed by atoms with van der Waals surface area (Å²) in [5.74, 6) is 1.78. The molecule has 3 heterocycles. The Hall–Kier alpha value is -2.93. The lowest BCUT2D eigenvalue weighted by atomic mass is 10.2. The lowest BCUT2D eigenvalue weighted by Crippen LogP contribution is -2.43. The molecule has 0 saturated carbocycles. The van der Waals surface area contributed by atoms with Crippen molar-refractivity contribution in [3.63, 3.8) is 0 Å². The third-order valence-electron chi connectivity index (χ3n) is 4.38. The second-order valence-corrected chi connectivity index (χ2v) is 6.80. The summed E-state index contributed by atoms with van der Waals surface area (Å²) in [6.45, 7) is 7.94. The number of nitrogens with one attached hydrogen (secondary N) is 2. The van der Waals surface area contributed by atoms with Crippen molar-refractivity contribution in [1.82, 2.24) is 20.3 Å². The molecule has 2 N–H and O–H groups in total. The first kappa shape index (κ1) is 17.5. The molecule has 0 unspecified atom stereocenters. The molecule has 4 rings (SSSR count). The van der Waals surface area contributed by atoms with Crippen LogP contribution in [0, 0.1) is 0 Å². The highest BCUT2D eigenvalue weighted by Crippen LogP contribution is 2.26. The summed E-state index contributed by atoms with van der Waals surface area (Å²) in [7, 11) is 0. The second kappa shape index (κ2) is 7.75. The van der Waals surface area contributed by atoms with E-state index in [1.165, 1.54) is 0 Å². The number of para-hydroxylation sites is 1. The molecule has 0 radical (unpaired) electrons. The van der Waals surface area contributed by atoms with E-state index in [1.807, 2.05) is 56.4 Å². The fourth-order valence-corrected chi connectivity index (χ4v) is 3.14. The maximum Gasteiger partial charge on any atom is 0.232 e. The highest BCUT2D eigenvalue weighted by molar-refractivity contribution is 5.84. The fourth-order valence-electron chi connectivity index (χ4n) is 3.14. The molecule has 0 atom stereocenters. The molecule has 0 aliphatic carbocycles. The zero-order valence-corrected chi connectivity index (χ0v) is 15.6. The van der Waals surface area contributed by atoms with Gasteiger partial charge in [0.1, 0.15) is 5.82 Å². The number of hydrogen-bond acceptors (Lipinski definition) is 7. The van der Waals surface area contributed by atoms with E-state index in [0.29, 0.717) is 11.8 Å². The van der Waals surface area contributed by atoms with E-state index in [9.17, 15) is 0 Å². The van der Waals surface area contributed by atoms with Crippen molar-refractivity contribution in [3.05, 3.63) is 42.6 Å². The Labute approximate surface area is 158 Å². The van der Waals surface area contributed by atoms with Crippen molar-refractivity contribution in [1.29, 1.82) is 0 Å². The normalized spacial score (nSPS) is 14.6. The number of pyridine rings is 1. The molecule has 1 saturated heterocycles. The lowest BCUT2D eigenvalue weighted by molar-refractivity contribution is 0.236. The summed E-state index contributed by atoms with van der Waals surface area (Å²) < 4.78 is 5.90. The van der Waals surface area contributed by atoms with E-state index >= 15 is 0 Å². The van der Waals surface area contributed by atoms with Gasteiger partial charge in [0.15, 0.2) is 0 Å². The zero-order valence-electron chi connectivity index (χ0n) is 15.6. The molecular weight excluding hydrogens is 340 g/mol. The number of piperazine rings is 1. The van der Waals surface area contributed by atoms with E-state index in [1.54, 1.807) is 0 Å². The average Bonchev–Trinajstić information content (AvgIpc) is 2.68. The molecule has 0 bridgehead atoms. The third-order valence-corrected chi connectivity index (χ3v) is 4.38. The van der Waals surface area contributed by atoms with Gasteiger partial charge in [-0.3, -0.25) is 0 Å². The number of hydrogen-bond donors (Lipinski definition) is 2. The number of nitrogens with zero attached hydrogens (tertiary/aromatic N) is 4. The molecule has 7 heteroatoms. The van der Waals surface area contributed by atoms with E-state index in [0.717, 1.165) is 48.6 Å². The van der Waals surface area contributed by atoms with Crippen LogP contribution in [0.2, 0.25) is 0 Å². The molecule has 27 heavy (non-hydrogen) atoms. The van der Waals surface area contributed by atoms with Gasteiger partial charge in [-0.25, -0.2) is 9.97 Å². The molecule has 3 aromatic rings. The predicted octanol–water partition coefficient (Wildman–Crippen LogP) is 2.97. The number of benzene rings is 1. The number of ether oxygens (including phenoxy) is 1. The molecule has 0 amide bonds. The van der Waals surface area contributed by atoms with Gasteiger partial charge in [-0.2, -0.15) is 4.98 Å².